The van der Waals surface area contributed by atoms with Crippen LogP contribution in [-0.2, 0) is 11.3 Å². The van der Waals surface area contributed by atoms with E-state index in [9.17, 15) is 0 Å². The topological polar surface area (TPSA) is 75.7 Å². The normalized spacial score (nSPS) is 17.4. The molecule has 1 aliphatic rings. The number of rotatable bonds is 7. The van der Waals surface area contributed by atoms with Crippen LogP contribution in [0.15, 0.2) is 18.2 Å². The molecule has 2 aromatic rings. The van der Waals surface area contributed by atoms with Crippen LogP contribution in [0, 0.1) is 5.92 Å². The molecule has 1 atom stereocenters. The van der Waals surface area contributed by atoms with Crippen molar-refractivity contribution in [3.8, 4) is 11.4 Å². The summed E-state index contributed by atoms with van der Waals surface area (Å²) in [6, 6.07) is 5.83. The molecule has 1 fully saturated rings. The predicted molar refractivity (Wildman–Crippen MR) is 84.5 cm³/mol. The van der Waals surface area contributed by atoms with Gasteiger partial charge in [0.2, 0.25) is 5.82 Å². The number of hydrogen-bond acceptors (Lipinski definition) is 5. The van der Waals surface area contributed by atoms with Gasteiger partial charge in [-0.2, -0.15) is 5.21 Å². The standard InChI is InChI=1S/C15H20ClN5O/c1-15(9-22-2,12-3-4-12)17-8-10-5-11(7-13(16)6-10)14-18-20-21-19-14/h5-7,12,17H,3-4,8-9H2,1-2H3,(H,18,19,20,21). The zero-order valence-corrected chi connectivity index (χ0v) is 13.5. The highest BCUT2D eigenvalue weighted by molar-refractivity contribution is 6.30. The summed E-state index contributed by atoms with van der Waals surface area (Å²) in [5, 5.41) is 18.3. The van der Waals surface area contributed by atoms with Crippen LogP contribution in [0.1, 0.15) is 25.3 Å². The summed E-state index contributed by atoms with van der Waals surface area (Å²) in [6.07, 6.45) is 2.52. The zero-order valence-electron chi connectivity index (χ0n) is 12.8. The number of nitrogens with zero attached hydrogens (tertiary/aromatic N) is 3. The average molecular weight is 322 g/mol. The molecule has 6 nitrogen and oxygen atoms in total. The maximum atomic E-state index is 6.21. The quantitative estimate of drug-likeness (QED) is 0.819. The van der Waals surface area contributed by atoms with Gasteiger partial charge >= 0.3 is 0 Å². The van der Waals surface area contributed by atoms with Crippen LogP contribution in [0.2, 0.25) is 5.02 Å². The van der Waals surface area contributed by atoms with Gasteiger partial charge in [-0.3, -0.25) is 0 Å². The molecule has 1 saturated carbocycles. The highest BCUT2D eigenvalue weighted by atomic mass is 35.5. The Labute approximate surface area is 134 Å². The maximum absolute atomic E-state index is 6.21. The molecule has 2 N–H and O–H groups in total. The molecular weight excluding hydrogens is 302 g/mol. The van der Waals surface area contributed by atoms with Gasteiger partial charge in [0.25, 0.3) is 0 Å². The maximum Gasteiger partial charge on any atom is 0.204 e. The summed E-state index contributed by atoms with van der Waals surface area (Å²) in [4.78, 5) is 0. The fourth-order valence-electron chi connectivity index (χ4n) is 2.80. The number of H-pyrrole nitrogens is 1. The van der Waals surface area contributed by atoms with E-state index in [1.54, 1.807) is 7.11 Å². The van der Waals surface area contributed by atoms with Crippen molar-refractivity contribution in [1.82, 2.24) is 25.9 Å². The van der Waals surface area contributed by atoms with Crippen molar-refractivity contribution in [2.75, 3.05) is 13.7 Å². The lowest BCUT2D eigenvalue weighted by molar-refractivity contribution is 0.104. The van der Waals surface area contributed by atoms with Gasteiger partial charge in [-0.1, -0.05) is 11.6 Å². The van der Waals surface area contributed by atoms with Crippen LogP contribution in [-0.4, -0.2) is 39.9 Å². The molecule has 0 amide bonds. The minimum absolute atomic E-state index is 0.00334. The lowest BCUT2D eigenvalue weighted by Crippen LogP contribution is -2.47. The van der Waals surface area contributed by atoms with Crippen molar-refractivity contribution in [3.05, 3.63) is 28.8 Å². The smallest absolute Gasteiger partial charge is 0.204 e. The second-order valence-electron chi connectivity index (χ2n) is 6.06. The molecule has 1 aromatic carbocycles. The van der Waals surface area contributed by atoms with Gasteiger partial charge in [0.05, 0.1) is 6.61 Å². The molecule has 0 bridgehead atoms. The summed E-state index contributed by atoms with van der Waals surface area (Å²) < 4.78 is 5.38. The number of ether oxygens (including phenoxy) is 1. The van der Waals surface area contributed by atoms with Crippen LogP contribution in [0.5, 0.6) is 0 Å². The first-order valence-electron chi connectivity index (χ1n) is 7.38. The van der Waals surface area contributed by atoms with Gasteiger partial charge < -0.3 is 10.1 Å². The van der Waals surface area contributed by atoms with Crippen LogP contribution >= 0.6 is 11.6 Å². The molecule has 0 radical (unpaired) electrons. The number of nitrogens with one attached hydrogen (secondary N) is 2. The van der Waals surface area contributed by atoms with Crippen molar-refractivity contribution in [2.45, 2.75) is 31.8 Å². The third-order valence-corrected chi connectivity index (χ3v) is 4.40. The number of aromatic amines is 1. The Kier molecular flexibility index (Phi) is 4.42. The third-order valence-electron chi connectivity index (χ3n) is 4.18. The van der Waals surface area contributed by atoms with Crippen molar-refractivity contribution in [2.24, 2.45) is 5.92 Å². The average Bonchev–Trinajstić information content (AvgIpc) is 3.21. The van der Waals surface area contributed by atoms with Crippen molar-refractivity contribution in [3.63, 3.8) is 0 Å². The number of halogens is 1. The minimum atomic E-state index is 0.00334. The minimum Gasteiger partial charge on any atom is -0.383 e. The van der Waals surface area contributed by atoms with Crippen molar-refractivity contribution >= 4 is 11.6 Å². The number of hydrogen-bond donors (Lipinski definition) is 2. The largest absolute Gasteiger partial charge is 0.383 e. The lowest BCUT2D eigenvalue weighted by Gasteiger charge is -2.30. The monoisotopic (exact) mass is 321 g/mol. The Morgan fingerprint density at radius 1 is 1.41 bits per heavy atom. The molecule has 0 spiro atoms. The van der Waals surface area contributed by atoms with Crippen LogP contribution in [0.25, 0.3) is 11.4 Å². The number of methoxy groups -OCH3 is 1. The van der Waals surface area contributed by atoms with E-state index in [2.05, 4.69) is 32.9 Å². The van der Waals surface area contributed by atoms with E-state index in [0.29, 0.717) is 23.4 Å². The molecular formula is C15H20ClN5O. The first-order chi connectivity index (χ1) is 10.6. The number of benzene rings is 1. The Morgan fingerprint density at radius 3 is 2.86 bits per heavy atom. The first kappa shape index (κ1) is 15.4. The summed E-state index contributed by atoms with van der Waals surface area (Å²) in [5.74, 6) is 1.23. The lowest BCUT2D eigenvalue weighted by atomic mass is 9.96. The highest BCUT2D eigenvalue weighted by Gasteiger charge is 2.41. The highest BCUT2D eigenvalue weighted by Crippen LogP contribution is 2.40. The molecule has 0 saturated heterocycles. The predicted octanol–water partition coefficient (Wildman–Crippen LogP) is 2.42. The fourth-order valence-corrected chi connectivity index (χ4v) is 3.06. The molecule has 7 heteroatoms. The zero-order chi connectivity index (χ0) is 15.6. The third kappa shape index (κ3) is 3.45. The molecule has 22 heavy (non-hydrogen) atoms. The number of tetrazole rings is 1. The van der Waals surface area contributed by atoms with E-state index in [1.165, 1.54) is 12.8 Å². The van der Waals surface area contributed by atoms with E-state index in [4.69, 9.17) is 16.3 Å². The SMILES string of the molecule is COCC(C)(NCc1cc(Cl)cc(-c2nn[nH]n2)c1)C1CC1. The Hall–Kier alpha value is -1.50. The molecule has 1 aromatic heterocycles. The van der Waals surface area contributed by atoms with Crippen LogP contribution in [0.3, 0.4) is 0 Å². The molecule has 1 heterocycles. The number of aromatic nitrogens is 4. The first-order valence-corrected chi connectivity index (χ1v) is 7.76. The summed E-state index contributed by atoms with van der Waals surface area (Å²) in [7, 11) is 1.75. The second-order valence-corrected chi connectivity index (χ2v) is 6.50. The van der Waals surface area contributed by atoms with Gasteiger partial charge in [0.15, 0.2) is 0 Å². The van der Waals surface area contributed by atoms with E-state index in [1.807, 2.05) is 18.2 Å². The second kappa shape index (κ2) is 6.32. The van der Waals surface area contributed by atoms with E-state index in [0.717, 1.165) is 17.7 Å². The van der Waals surface area contributed by atoms with E-state index < -0.39 is 0 Å². The molecule has 1 aliphatic carbocycles. The van der Waals surface area contributed by atoms with E-state index >= 15 is 0 Å². The molecule has 1 unspecified atom stereocenters. The van der Waals surface area contributed by atoms with Gasteiger partial charge in [0, 0.05) is 29.8 Å². The Balaban J connectivity index is 1.75. The summed E-state index contributed by atoms with van der Waals surface area (Å²) >= 11 is 6.21. The van der Waals surface area contributed by atoms with Crippen molar-refractivity contribution < 1.29 is 4.74 Å². The Bertz CT molecular complexity index is 629. The summed E-state index contributed by atoms with van der Waals surface area (Å²) in [6.45, 7) is 3.65. The van der Waals surface area contributed by atoms with Crippen LogP contribution in [0.4, 0.5) is 0 Å². The van der Waals surface area contributed by atoms with Crippen LogP contribution < -0.4 is 5.32 Å². The fraction of sp³-hybridized carbons (Fsp3) is 0.533. The van der Waals surface area contributed by atoms with Gasteiger partial charge in [-0.05, 0) is 54.7 Å². The van der Waals surface area contributed by atoms with Gasteiger partial charge in [-0.15, -0.1) is 10.2 Å². The molecule has 0 aliphatic heterocycles. The van der Waals surface area contributed by atoms with Crippen molar-refractivity contribution in [1.29, 1.82) is 0 Å². The Morgan fingerprint density at radius 2 is 2.23 bits per heavy atom. The summed E-state index contributed by atoms with van der Waals surface area (Å²) in [5.41, 5.74) is 1.96. The molecule has 3 rings (SSSR count). The van der Waals surface area contributed by atoms with Gasteiger partial charge in [0.1, 0.15) is 0 Å². The van der Waals surface area contributed by atoms with E-state index in [-0.39, 0.29) is 5.54 Å². The van der Waals surface area contributed by atoms with Gasteiger partial charge in [-0.25, -0.2) is 0 Å². The molecule has 118 valence electrons.